The lowest BCUT2D eigenvalue weighted by molar-refractivity contribution is -0.116. The summed E-state index contributed by atoms with van der Waals surface area (Å²) >= 11 is 0. The summed E-state index contributed by atoms with van der Waals surface area (Å²) < 4.78 is 0. The topological polar surface area (TPSA) is 46.3 Å². The molecule has 0 aromatic heterocycles. The number of rotatable bonds is 1. The molecule has 0 aliphatic rings. The fourth-order valence-electron chi connectivity index (χ4n) is 0. The Morgan fingerprint density at radius 1 is 2.00 bits per heavy atom. The molecule has 29 valence electrons. The first-order valence-electron chi connectivity index (χ1n) is 1.07. The zero-order chi connectivity index (χ0) is 4.28. The van der Waals surface area contributed by atoms with Gasteiger partial charge in [-0.3, -0.25) is 9.80 Å². The molecule has 0 aromatic rings. The normalized spacial score (nSPS) is 6.80. The Hall–Kier alpha value is -0.570. The van der Waals surface area contributed by atoms with Gasteiger partial charge < -0.3 is 0 Å². The number of carbonyl (C=O) groups is 1. The number of nitrogens with zero attached hydrogens (tertiary/aromatic N) is 1. The quantitative estimate of drug-likeness (QED) is 0.189. The van der Waals surface area contributed by atoms with Crippen LogP contribution in [0, 0.1) is 7.05 Å². The van der Waals surface area contributed by atoms with Crippen molar-refractivity contribution in [2.24, 2.45) is 5.84 Å². The minimum atomic E-state index is 0.417. The van der Waals surface area contributed by atoms with Gasteiger partial charge in [-0.15, -0.1) is 0 Å². The van der Waals surface area contributed by atoms with E-state index in [-0.39, 0.29) is 0 Å². The molecule has 0 heterocycles. The van der Waals surface area contributed by atoms with Gasteiger partial charge in [-0.1, -0.05) is 0 Å². The van der Waals surface area contributed by atoms with Crippen molar-refractivity contribution < 1.29 is 4.79 Å². The Bertz CT molecular complexity index is 34.6. The van der Waals surface area contributed by atoms with Gasteiger partial charge in [0.2, 0.25) is 6.41 Å². The van der Waals surface area contributed by atoms with Crippen LogP contribution in [0.1, 0.15) is 0 Å². The highest BCUT2D eigenvalue weighted by atomic mass is 16.1. The van der Waals surface area contributed by atoms with Gasteiger partial charge in [0.25, 0.3) is 0 Å². The van der Waals surface area contributed by atoms with Crippen LogP contribution in [0.15, 0.2) is 0 Å². The van der Waals surface area contributed by atoms with E-state index in [2.05, 4.69) is 12.9 Å². The summed E-state index contributed by atoms with van der Waals surface area (Å²) in [6, 6.07) is 0. The Morgan fingerprint density at radius 3 is 2.20 bits per heavy atom. The van der Waals surface area contributed by atoms with Crippen LogP contribution in [0.25, 0.3) is 0 Å². The van der Waals surface area contributed by atoms with Gasteiger partial charge in [-0.2, -0.15) is 0 Å². The molecule has 1 amide bonds. The fourth-order valence-corrected chi connectivity index (χ4v) is 0. The van der Waals surface area contributed by atoms with Gasteiger partial charge in [-0.25, -0.2) is 5.84 Å². The SMILES string of the molecule is [CH2]N(N)C=O. The molecule has 3 heteroatoms. The molecule has 1 radical (unpaired) electrons. The molecular weight excluding hydrogens is 68.0 g/mol. The maximum absolute atomic E-state index is 9.24. The lowest BCUT2D eigenvalue weighted by atomic mass is 11.2. The van der Waals surface area contributed by atoms with Crippen molar-refractivity contribution in [3.63, 3.8) is 0 Å². The molecule has 0 saturated carbocycles. The standard InChI is InChI=1S/C2H5N2O/c1-4(3)2-5/h2H,1,3H2. The van der Waals surface area contributed by atoms with Crippen LogP contribution >= 0.6 is 0 Å². The second-order valence-electron chi connectivity index (χ2n) is 0.620. The van der Waals surface area contributed by atoms with Gasteiger partial charge in [-0.05, 0) is 0 Å². The molecule has 0 aliphatic carbocycles. The van der Waals surface area contributed by atoms with E-state index in [1.165, 1.54) is 0 Å². The molecule has 5 heavy (non-hydrogen) atoms. The van der Waals surface area contributed by atoms with E-state index in [1.54, 1.807) is 0 Å². The molecule has 0 bridgehead atoms. The first kappa shape index (κ1) is 4.43. The van der Waals surface area contributed by atoms with Crippen LogP contribution in [0.5, 0.6) is 0 Å². The highest BCUT2D eigenvalue weighted by Crippen LogP contribution is 1.48. The van der Waals surface area contributed by atoms with E-state index in [9.17, 15) is 4.79 Å². The van der Waals surface area contributed by atoms with E-state index < -0.39 is 0 Å². The molecule has 0 aliphatic heterocycles. The number of hydrogen-bond donors (Lipinski definition) is 1. The van der Waals surface area contributed by atoms with E-state index >= 15 is 0 Å². The van der Waals surface area contributed by atoms with Crippen molar-refractivity contribution in [2.45, 2.75) is 0 Å². The number of carbonyl (C=O) groups excluding carboxylic acids is 1. The number of hydrogen-bond acceptors (Lipinski definition) is 2. The Labute approximate surface area is 30.3 Å². The Balaban J connectivity index is 2.83. The summed E-state index contributed by atoms with van der Waals surface area (Å²) in [5.74, 6) is 4.65. The smallest absolute Gasteiger partial charge is 0.223 e. The van der Waals surface area contributed by atoms with Gasteiger partial charge in [0.15, 0.2) is 0 Å². The number of nitrogens with two attached hydrogens (primary N) is 1. The molecule has 0 aromatic carbocycles. The van der Waals surface area contributed by atoms with Crippen molar-refractivity contribution >= 4 is 6.41 Å². The summed E-state index contributed by atoms with van der Waals surface area (Å²) in [4.78, 5) is 9.24. The second kappa shape index (κ2) is 1.72. The molecular formula is C2H5N2O. The molecule has 0 spiro atoms. The molecule has 0 unspecified atom stereocenters. The first-order valence-corrected chi connectivity index (χ1v) is 1.07. The van der Waals surface area contributed by atoms with E-state index in [4.69, 9.17) is 0 Å². The van der Waals surface area contributed by atoms with E-state index in [0.29, 0.717) is 11.4 Å². The lowest BCUT2D eigenvalue weighted by Gasteiger charge is -1.92. The molecule has 3 nitrogen and oxygen atoms in total. The summed E-state index contributed by atoms with van der Waals surface area (Å²) in [6.07, 6.45) is 0.417. The predicted octanol–water partition coefficient (Wildman–Crippen LogP) is -0.890. The Morgan fingerprint density at radius 2 is 2.20 bits per heavy atom. The van der Waals surface area contributed by atoms with Crippen molar-refractivity contribution in [3.8, 4) is 0 Å². The maximum atomic E-state index is 9.24. The molecule has 0 saturated heterocycles. The van der Waals surface area contributed by atoms with Crippen molar-refractivity contribution in [3.05, 3.63) is 7.05 Å². The highest BCUT2D eigenvalue weighted by Gasteiger charge is 1.68. The average molecular weight is 73.1 g/mol. The third-order valence-electron chi connectivity index (χ3n) is 0.135. The number of amides is 1. The monoisotopic (exact) mass is 73.0 g/mol. The van der Waals surface area contributed by atoms with Crippen molar-refractivity contribution in [1.82, 2.24) is 5.01 Å². The largest absolute Gasteiger partial charge is 0.281 e. The molecule has 0 fully saturated rings. The summed E-state index contributed by atoms with van der Waals surface area (Å²) in [7, 11) is 3.00. The van der Waals surface area contributed by atoms with Gasteiger partial charge in [0.1, 0.15) is 0 Å². The first-order chi connectivity index (χ1) is 2.27. The highest BCUT2D eigenvalue weighted by molar-refractivity contribution is 5.45. The summed E-state index contributed by atoms with van der Waals surface area (Å²) in [6.45, 7) is 0. The predicted molar refractivity (Wildman–Crippen MR) is 17.4 cm³/mol. The third-order valence-corrected chi connectivity index (χ3v) is 0.135. The van der Waals surface area contributed by atoms with E-state index in [0.717, 1.165) is 0 Å². The van der Waals surface area contributed by atoms with Gasteiger partial charge >= 0.3 is 0 Å². The van der Waals surface area contributed by atoms with Crippen molar-refractivity contribution in [2.75, 3.05) is 0 Å². The van der Waals surface area contributed by atoms with Crippen LogP contribution in [-0.4, -0.2) is 11.4 Å². The maximum Gasteiger partial charge on any atom is 0.223 e. The van der Waals surface area contributed by atoms with Crippen LogP contribution in [0.2, 0.25) is 0 Å². The van der Waals surface area contributed by atoms with E-state index in [1.807, 2.05) is 0 Å². The van der Waals surface area contributed by atoms with Crippen molar-refractivity contribution in [1.29, 1.82) is 0 Å². The minimum absolute atomic E-state index is 0.417. The lowest BCUT2D eigenvalue weighted by Crippen LogP contribution is -2.20. The van der Waals surface area contributed by atoms with Crippen LogP contribution in [0.4, 0.5) is 0 Å². The minimum Gasteiger partial charge on any atom is -0.281 e. The third kappa shape index (κ3) is 3.43. The Kier molecular flexibility index (Phi) is 1.53. The second-order valence-corrected chi connectivity index (χ2v) is 0.620. The molecule has 0 rings (SSSR count). The zero-order valence-electron chi connectivity index (χ0n) is 2.72. The van der Waals surface area contributed by atoms with Gasteiger partial charge in [0, 0.05) is 0 Å². The fraction of sp³-hybridized carbons (Fsp3) is 0. The molecule has 0 atom stereocenters. The zero-order valence-corrected chi connectivity index (χ0v) is 2.72. The van der Waals surface area contributed by atoms with Gasteiger partial charge in [0.05, 0.1) is 7.05 Å². The average Bonchev–Trinajstić information content (AvgIpc) is 1.38. The number of hydrazine groups is 1. The summed E-state index contributed by atoms with van der Waals surface area (Å²) in [5.41, 5.74) is 0. The van der Waals surface area contributed by atoms with Crippen LogP contribution in [-0.2, 0) is 4.79 Å². The molecule has 2 N–H and O–H groups in total. The summed E-state index contributed by atoms with van der Waals surface area (Å²) in [5, 5.41) is 0.694. The van der Waals surface area contributed by atoms with Crippen LogP contribution < -0.4 is 5.84 Å². The van der Waals surface area contributed by atoms with Crippen LogP contribution in [0.3, 0.4) is 0 Å².